The quantitative estimate of drug-likeness (QED) is 0.703. The van der Waals surface area contributed by atoms with Gasteiger partial charge in [0.2, 0.25) is 0 Å². The molecule has 0 unspecified atom stereocenters. The van der Waals surface area contributed by atoms with Crippen molar-refractivity contribution >= 4 is 22.3 Å². The van der Waals surface area contributed by atoms with Crippen LogP contribution in [0.1, 0.15) is 74.1 Å². The zero-order valence-electron chi connectivity index (χ0n) is 16.8. The van der Waals surface area contributed by atoms with Crippen LogP contribution in [0.5, 0.6) is 0 Å². The minimum atomic E-state index is -0.112. The molecule has 2 aromatic rings. The molecule has 4 fully saturated rings. The number of nitrogens with zero attached hydrogens (tertiary/aromatic N) is 2. The minimum absolute atomic E-state index is 0.0402. The molecule has 6 heteroatoms. The molecule has 0 aliphatic heterocycles. The molecule has 0 N–H and O–H groups in total. The van der Waals surface area contributed by atoms with Crippen LogP contribution in [0.25, 0.3) is 4.96 Å². The van der Waals surface area contributed by atoms with Crippen molar-refractivity contribution in [1.29, 1.82) is 0 Å². The van der Waals surface area contributed by atoms with Gasteiger partial charge in [-0.2, -0.15) is 0 Å². The number of aryl methyl sites for hydroxylation is 2. The summed E-state index contributed by atoms with van der Waals surface area (Å²) in [5.74, 6) is 2.40. The third-order valence-electron chi connectivity index (χ3n) is 7.88. The number of carbonyl (C=O) groups excluding carboxylic acids is 1. The SMILES string of the molecule is O=C(CC12CC3CC(CC(C3)C1)C2)OCc1cc(=O)n2c3c(sc2n1)CCCC3. The van der Waals surface area contributed by atoms with Gasteiger partial charge in [-0.1, -0.05) is 0 Å². The summed E-state index contributed by atoms with van der Waals surface area (Å²) in [7, 11) is 0. The molecule has 0 spiro atoms. The lowest BCUT2D eigenvalue weighted by molar-refractivity contribution is -0.153. The molecule has 5 nitrogen and oxygen atoms in total. The molecule has 7 rings (SSSR count). The summed E-state index contributed by atoms with van der Waals surface area (Å²) in [6, 6.07) is 1.55. The average molecular weight is 413 g/mol. The maximum Gasteiger partial charge on any atom is 0.306 e. The minimum Gasteiger partial charge on any atom is -0.459 e. The molecule has 5 aliphatic rings. The summed E-state index contributed by atoms with van der Waals surface area (Å²) in [6.07, 6.45) is 12.6. The van der Waals surface area contributed by atoms with E-state index in [1.807, 2.05) is 0 Å². The van der Waals surface area contributed by atoms with E-state index >= 15 is 0 Å². The normalized spacial score (nSPS) is 32.5. The number of ether oxygens (including phenoxy) is 1. The Hall–Kier alpha value is -1.69. The van der Waals surface area contributed by atoms with Gasteiger partial charge in [-0.05, 0) is 87.4 Å². The average Bonchev–Trinajstić information content (AvgIpc) is 3.04. The summed E-state index contributed by atoms with van der Waals surface area (Å²) in [4.78, 5) is 32.0. The van der Waals surface area contributed by atoms with Gasteiger partial charge in [0.15, 0.2) is 4.96 Å². The van der Waals surface area contributed by atoms with Gasteiger partial charge in [-0.15, -0.1) is 11.3 Å². The van der Waals surface area contributed by atoms with Crippen LogP contribution in [0.2, 0.25) is 0 Å². The fraction of sp³-hybridized carbons (Fsp3) is 0.696. The highest BCUT2D eigenvalue weighted by molar-refractivity contribution is 7.17. The monoisotopic (exact) mass is 412 g/mol. The molecule has 2 aromatic heterocycles. The smallest absolute Gasteiger partial charge is 0.306 e. The van der Waals surface area contributed by atoms with E-state index in [-0.39, 0.29) is 23.6 Å². The first-order chi connectivity index (χ1) is 14.1. The molecule has 0 atom stereocenters. The molecular weight excluding hydrogens is 384 g/mol. The van der Waals surface area contributed by atoms with Gasteiger partial charge >= 0.3 is 5.97 Å². The van der Waals surface area contributed by atoms with E-state index < -0.39 is 0 Å². The van der Waals surface area contributed by atoms with Gasteiger partial charge in [0, 0.05) is 16.6 Å². The predicted molar refractivity (Wildman–Crippen MR) is 111 cm³/mol. The van der Waals surface area contributed by atoms with E-state index in [2.05, 4.69) is 4.98 Å². The Labute approximate surface area is 174 Å². The van der Waals surface area contributed by atoms with Gasteiger partial charge in [0.1, 0.15) is 6.61 Å². The molecule has 29 heavy (non-hydrogen) atoms. The van der Waals surface area contributed by atoms with E-state index in [9.17, 15) is 9.59 Å². The van der Waals surface area contributed by atoms with Crippen LogP contribution >= 0.6 is 11.3 Å². The van der Waals surface area contributed by atoms with Crippen LogP contribution in [0.3, 0.4) is 0 Å². The summed E-state index contributed by atoms with van der Waals surface area (Å²) in [5.41, 5.74) is 1.86. The van der Waals surface area contributed by atoms with Gasteiger partial charge in [-0.3, -0.25) is 14.0 Å². The third-order valence-corrected chi connectivity index (χ3v) is 9.02. The van der Waals surface area contributed by atoms with Crippen molar-refractivity contribution in [2.45, 2.75) is 77.2 Å². The first-order valence-electron chi connectivity index (χ1n) is 11.3. The molecule has 0 saturated heterocycles. The zero-order valence-corrected chi connectivity index (χ0v) is 17.6. The molecule has 4 saturated carbocycles. The fourth-order valence-corrected chi connectivity index (χ4v) is 8.47. The Balaban J connectivity index is 1.16. The highest BCUT2D eigenvalue weighted by Crippen LogP contribution is 2.61. The van der Waals surface area contributed by atoms with Gasteiger partial charge in [-0.25, -0.2) is 4.98 Å². The van der Waals surface area contributed by atoms with Crippen LogP contribution in [0, 0.1) is 23.2 Å². The molecular formula is C23H28N2O3S. The number of hydrogen-bond acceptors (Lipinski definition) is 5. The lowest BCUT2D eigenvalue weighted by atomic mass is 9.49. The first-order valence-corrected chi connectivity index (χ1v) is 12.1. The summed E-state index contributed by atoms with van der Waals surface area (Å²) >= 11 is 1.62. The largest absolute Gasteiger partial charge is 0.459 e. The second kappa shape index (κ2) is 6.66. The molecule has 2 heterocycles. The van der Waals surface area contributed by atoms with E-state index in [1.165, 1.54) is 49.8 Å². The summed E-state index contributed by atoms with van der Waals surface area (Å²) in [5, 5.41) is 0. The maximum absolute atomic E-state index is 12.7. The number of esters is 1. The Bertz CT molecular complexity index is 1000. The Kier molecular flexibility index (Phi) is 4.16. The number of thiazole rings is 1. The standard InChI is InChI=1S/C23H28N2O3S/c26-20-8-17(24-22-25(20)18-3-1-2-4-19(18)29-22)13-28-21(27)12-23-9-14-5-15(10-23)7-16(6-14)11-23/h8,14-16H,1-7,9-13H2. The van der Waals surface area contributed by atoms with Crippen molar-refractivity contribution in [3.05, 3.63) is 32.7 Å². The second-order valence-corrected chi connectivity index (χ2v) is 11.2. The zero-order chi connectivity index (χ0) is 19.6. The molecule has 4 bridgehead atoms. The van der Waals surface area contributed by atoms with Crippen molar-refractivity contribution in [2.75, 3.05) is 0 Å². The van der Waals surface area contributed by atoms with Crippen LogP contribution in [0.4, 0.5) is 0 Å². The van der Waals surface area contributed by atoms with E-state index in [0.717, 1.165) is 47.7 Å². The molecule has 5 aliphatic carbocycles. The van der Waals surface area contributed by atoms with E-state index in [4.69, 9.17) is 4.74 Å². The molecule has 0 aromatic carbocycles. The van der Waals surface area contributed by atoms with Gasteiger partial charge in [0.05, 0.1) is 12.1 Å². The third kappa shape index (κ3) is 3.15. The Morgan fingerprint density at radius 3 is 2.55 bits per heavy atom. The second-order valence-electron chi connectivity index (χ2n) is 10.1. The number of aromatic nitrogens is 2. The summed E-state index contributed by atoms with van der Waals surface area (Å²) in [6.45, 7) is 0.111. The van der Waals surface area contributed by atoms with Crippen molar-refractivity contribution in [3.63, 3.8) is 0 Å². The van der Waals surface area contributed by atoms with Crippen LogP contribution in [-0.2, 0) is 29.0 Å². The highest BCUT2D eigenvalue weighted by Gasteiger charge is 2.51. The highest BCUT2D eigenvalue weighted by atomic mass is 32.1. The lowest BCUT2D eigenvalue weighted by Crippen LogP contribution is -2.47. The van der Waals surface area contributed by atoms with Crippen molar-refractivity contribution in [1.82, 2.24) is 9.38 Å². The van der Waals surface area contributed by atoms with Crippen molar-refractivity contribution in [3.8, 4) is 0 Å². The predicted octanol–water partition coefficient (Wildman–Crippen LogP) is 4.28. The van der Waals surface area contributed by atoms with Crippen molar-refractivity contribution < 1.29 is 9.53 Å². The maximum atomic E-state index is 12.7. The Morgan fingerprint density at radius 2 is 1.83 bits per heavy atom. The number of carbonyl (C=O) groups is 1. The van der Waals surface area contributed by atoms with Crippen LogP contribution in [0.15, 0.2) is 10.9 Å². The summed E-state index contributed by atoms with van der Waals surface area (Å²) < 4.78 is 7.39. The molecule has 154 valence electrons. The number of fused-ring (bicyclic) bond motifs is 3. The number of rotatable bonds is 4. The van der Waals surface area contributed by atoms with Gasteiger partial charge in [0.25, 0.3) is 5.56 Å². The van der Waals surface area contributed by atoms with Crippen molar-refractivity contribution in [2.24, 2.45) is 23.2 Å². The lowest BCUT2D eigenvalue weighted by Gasteiger charge is -2.56. The van der Waals surface area contributed by atoms with Crippen LogP contribution < -0.4 is 5.56 Å². The van der Waals surface area contributed by atoms with E-state index in [1.54, 1.807) is 21.8 Å². The van der Waals surface area contributed by atoms with Gasteiger partial charge < -0.3 is 4.74 Å². The number of hydrogen-bond donors (Lipinski definition) is 0. The molecule has 0 radical (unpaired) electrons. The van der Waals surface area contributed by atoms with E-state index in [0.29, 0.717) is 12.1 Å². The Morgan fingerprint density at radius 1 is 1.14 bits per heavy atom. The first kappa shape index (κ1) is 18.1. The topological polar surface area (TPSA) is 60.7 Å². The van der Waals surface area contributed by atoms with Crippen LogP contribution in [-0.4, -0.2) is 15.4 Å². The molecule has 0 amide bonds. The fourth-order valence-electron chi connectivity index (χ4n) is 7.23.